The average molecular weight is 433 g/mol. The largest absolute Gasteiger partial charge is 0.495 e. The number of aryl methyl sites for hydroxylation is 2. The predicted octanol–water partition coefficient (Wildman–Crippen LogP) is 1.23. The molecule has 30 heavy (non-hydrogen) atoms. The van der Waals surface area contributed by atoms with Gasteiger partial charge in [-0.2, -0.15) is 4.31 Å². The number of hydrogen-bond acceptors (Lipinski definition) is 4. The summed E-state index contributed by atoms with van der Waals surface area (Å²) in [5.41, 5.74) is 2.30. The van der Waals surface area contributed by atoms with Crippen LogP contribution in [0.5, 0.6) is 5.75 Å². The predicted molar refractivity (Wildman–Crippen MR) is 116 cm³/mol. The smallest absolute Gasteiger partial charge is 0.282 e. The van der Waals surface area contributed by atoms with E-state index in [2.05, 4.69) is 5.32 Å². The Morgan fingerprint density at radius 3 is 2.47 bits per heavy atom. The van der Waals surface area contributed by atoms with Gasteiger partial charge in [-0.25, -0.2) is 8.42 Å². The third-order valence-electron chi connectivity index (χ3n) is 5.70. The first-order chi connectivity index (χ1) is 14.2. The number of sulfonamides is 1. The van der Waals surface area contributed by atoms with E-state index in [9.17, 15) is 13.2 Å². The molecule has 1 aliphatic rings. The lowest BCUT2D eigenvalue weighted by Gasteiger charge is -2.34. The number of quaternary nitrogens is 1. The molecule has 1 aliphatic heterocycles. The first-order valence-electron chi connectivity index (χ1n) is 10.1. The minimum absolute atomic E-state index is 0.111. The standard InChI is InChI=1S/C22H29N3O4S/c1-16-9-10-17(2)21(15-16)30(27,28)25-13-11-24(12-14-25)18(3)22(26)23-19-7-5-6-8-20(19)29-4/h5-10,15,18H,11-14H2,1-4H3,(H,23,26)/p+1/t18-/m1/s1. The molecule has 162 valence electrons. The molecule has 0 radical (unpaired) electrons. The van der Waals surface area contributed by atoms with Crippen LogP contribution in [0.25, 0.3) is 0 Å². The number of methoxy groups -OCH3 is 1. The van der Waals surface area contributed by atoms with Gasteiger partial charge in [-0.3, -0.25) is 4.79 Å². The van der Waals surface area contributed by atoms with Gasteiger partial charge in [-0.1, -0.05) is 24.3 Å². The number of amides is 1. The molecule has 0 aromatic heterocycles. The summed E-state index contributed by atoms with van der Waals surface area (Å²) < 4.78 is 33.0. The van der Waals surface area contributed by atoms with Crippen LogP contribution in [0.15, 0.2) is 47.4 Å². The lowest BCUT2D eigenvalue weighted by Crippen LogP contribution is -3.19. The van der Waals surface area contributed by atoms with E-state index in [0.29, 0.717) is 42.5 Å². The molecular weight excluding hydrogens is 402 g/mol. The van der Waals surface area contributed by atoms with Crippen molar-refractivity contribution in [3.05, 3.63) is 53.6 Å². The summed E-state index contributed by atoms with van der Waals surface area (Å²) in [6.45, 7) is 7.50. The SMILES string of the molecule is COc1ccccc1NC(=O)[C@@H](C)[NH+]1CCN(S(=O)(=O)c2cc(C)ccc2C)CC1. The molecule has 1 fully saturated rings. The van der Waals surface area contributed by atoms with Crippen LogP contribution in [0.4, 0.5) is 5.69 Å². The van der Waals surface area contributed by atoms with Gasteiger partial charge < -0.3 is 15.0 Å². The van der Waals surface area contributed by atoms with Crippen molar-refractivity contribution in [1.29, 1.82) is 0 Å². The van der Waals surface area contributed by atoms with Crippen LogP contribution < -0.4 is 15.0 Å². The number of piperazine rings is 1. The van der Waals surface area contributed by atoms with Gasteiger partial charge in [0.05, 0.1) is 43.9 Å². The Morgan fingerprint density at radius 2 is 1.80 bits per heavy atom. The maximum absolute atomic E-state index is 13.1. The van der Waals surface area contributed by atoms with E-state index in [4.69, 9.17) is 4.74 Å². The molecule has 1 saturated heterocycles. The average Bonchev–Trinajstić information content (AvgIpc) is 2.75. The fourth-order valence-corrected chi connectivity index (χ4v) is 5.50. The Labute approximate surface area is 178 Å². The molecule has 2 N–H and O–H groups in total. The summed E-state index contributed by atoms with van der Waals surface area (Å²) >= 11 is 0. The second-order valence-corrected chi connectivity index (χ2v) is 9.65. The summed E-state index contributed by atoms with van der Waals surface area (Å²) in [5.74, 6) is 0.498. The van der Waals surface area contributed by atoms with Gasteiger partial charge in [-0.15, -0.1) is 0 Å². The van der Waals surface area contributed by atoms with Gasteiger partial charge in [0.15, 0.2) is 6.04 Å². The molecule has 0 bridgehead atoms. The van der Waals surface area contributed by atoms with Crippen LogP contribution in [0.1, 0.15) is 18.1 Å². The Bertz CT molecular complexity index is 1010. The monoisotopic (exact) mass is 432 g/mol. The number of carbonyl (C=O) groups is 1. The van der Waals surface area contributed by atoms with E-state index in [-0.39, 0.29) is 11.9 Å². The number of anilines is 1. The Morgan fingerprint density at radius 1 is 1.13 bits per heavy atom. The van der Waals surface area contributed by atoms with E-state index in [1.165, 1.54) is 4.31 Å². The summed E-state index contributed by atoms with van der Waals surface area (Å²) in [6.07, 6.45) is 0. The summed E-state index contributed by atoms with van der Waals surface area (Å²) in [5, 5.41) is 2.92. The van der Waals surface area contributed by atoms with Gasteiger partial charge in [0.2, 0.25) is 10.0 Å². The lowest BCUT2D eigenvalue weighted by molar-refractivity contribution is -0.917. The number of para-hydroxylation sites is 2. The molecule has 8 heteroatoms. The van der Waals surface area contributed by atoms with Gasteiger partial charge in [0.25, 0.3) is 5.91 Å². The van der Waals surface area contributed by atoms with Crippen molar-refractivity contribution >= 4 is 21.6 Å². The zero-order valence-corrected chi connectivity index (χ0v) is 18.8. The van der Waals surface area contributed by atoms with Crippen LogP contribution in [0.3, 0.4) is 0 Å². The van der Waals surface area contributed by atoms with Crippen molar-refractivity contribution in [3.63, 3.8) is 0 Å². The number of ether oxygens (including phenoxy) is 1. The second-order valence-electron chi connectivity index (χ2n) is 7.74. The summed E-state index contributed by atoms with van der Waals surface area (Å²) in [6, 6.07) is 12.5. The molecule has 0 aliphatic carbocycles. The van der Waals surface area contributed by atoms with Crippen molar-refractivity contribution in [3.8, 4) is 5.75 Å². The third kappa shape index (κ3) is 4.66. The van der Waals surface area contributed by atoms with Crippen LogP contribution >= 0.6 is 0 Å². The number of carbonyl (C=O) groups excluding carboxylic acids is 1. The van der Waals surface area contributed by atoms with Crippen molar-refractivity contribution in [1.82, 2.24) is 4.31 Å². The van der Waals surface area contributed by atoms with Gasteiger partial charge in [0.1, 0.15) is 5.75 Å². The first-order valence-corrected chi connectivity index (χ1v) is 11.5. The summed E-state index contributed by atoms with van der Waals surface area (Å²) in [4.78, 5) is 14.2. The maximum Gasteiger partial charge on any atom is 0.282 e. The number of benzene rings is 2. The van der Waals surface area contributed by atoms with E-state index in [1.54, 1.807) is 25.3 Å². The van der Waals surface area contributed by atoms with Crippen molar-refractivity contribution in [2.75, 3.05) is 38.6 Å². The quantitative estimate of drug-likeness (QED) is 0.720. The number of hydrogen-bond donors (Lipinski definition) is 2. The minimum Gasteiger partial charge on any atom is -0.495 e. The molecule has 0 unspecified atom stereocenters. The molecule has 0 saturated carbocycles. The highest BCUT2D eigenvalue weighted by molar-refractivity contribution is 7.89. The molecule has 1 amide bonds. The fraction of sp³-hybridized carbons (Fsp3) is 0.409. The highest BCUT2D eigenvalue weighted by Crippen LogP contribution is 2.23. The van der Waals surface area contributed by atoms with Crippen LogP contribution in [-0.2, 0) is 14.8 Å². The zero-order chi connectivity index (χ0) is 21.9. The Kier molecular flexibility index (Phi) is 6.80. The highest BCUT2D eigenvalue weighted by Gasteiger charge is 2.35. The molecular formula is C22H30N3O4S+. The number of nitrogens with zero attached hydrogens (tertiary/aromatic N) is 1. The Hall–Kier alpha value is -2.42. The third-order valence-corrected chi connectivity index (χ3v) is 7.74. The van der Waals surface area contributed by atoms with E-state index in [1.807, 2.05) is 45.0 Å². The van der Waals surface area contributed by atoms with E-state index < -0.39 is 10.0 Å². The van der Waals surface area contributed by atoms with Crippen LogP contribution in [0, 0.1) is 13.8 Å². The fourth-order valence-electron chi connectivity index (χ4n) is 3.75. The summed E-state index contributed by atoms with van der Waals surface area (Å²) in [7, 11) is -1.97. The molecule has 0 spiro atoms. The van der Waals surface area contributed by atoms with Crippen LogP contribution in [-0.4, -0.2) is 58.0 Å². The molecule has 1 heterocycles. The van der Waals surface area contributed by atoms with E-state index in [0.717, 1.165) is 16.0 Å². The highest BCUT2D eigenvalue weighted by atomic mass is 32.2. The van der Waals surface area contributed by atoms with Crippen molar-refractivity contribution in [2.24, 2.45) is 0 Å². The first kappa shape index (κ1) is 22.3. The van der Waals surface area contributed by atoms with Crippen LogP contribution in [0.2, 0.25) is 0 Å². The minimum atomic E-state index is -3.54. The zero-order valence-electron chi connectivity index (χ0n) is 17.9. The normalized spacial score (nSPS) is 16.8. The van der Waals surface area contributed by atoms with Gasteiger partial charge >= 0.3 is 0 Å². The number of rotatable bonds is 6. The molecule has 3 rings (SSSR count). The molecule has 2 aromatic rings. The maximum atomic E-state index is 13.1. The number of nitrogens with one attached hydrogen (secondary N) is 2. The second kappa shape index (κ2) is 9.16. The topological polar surface area (TPSA) is 80.2 Å². The van der Waals surface area contributed by atoms with Crippen molar-refractivity contribution in [2.45, 2.75) is 31.7 Å². The molecule has 2 aromatic carbocycles. The van der Waals surface area contributed by atoms with Crippen molar-refractivity contribution < 1.29 is 22.8 Å². The van der Waals surface area contributed by atoms with Gasteiger partial charge in [0, 0.05) is 0 Å². The Balaban J connectivity index is 1.64. The lowest BCUT2D eigenvalue weighted by atomic mass is 10.2. The van der Waals surface area contributed by atoms with Gasteiger partial charge in [-0.05, 0) is 50.1 Å². The molecule has 7 nitrogen and oxygen atoms in total. The van der Waals surface area contributed by atoms with E-state index >= 15 is 0 Å². The molecule has 1 atom stereocenters.